The van der Waals surface area contributed by atoms with Crippen LogP contribution in [0.1, 0.15) is 11.1 Å². The highest BCUT2D eigenvalue weighted by atomic mass is 79.9. The maximum Gasteiger partial charge on any atom is 0.151 e. The predicted octanol–water partition coefficient (Wildman–Crippen LogP) is 4.58. The van der Waals surface area contributed by atoms with Crippen molar-refractivity contribution in [2.75, 3.05) is 5.73 Å². The van der Waals surface area contributed by atoms with E-state index in [4.69, 9.17) is 10.5 Å². The standard InChI is InChI=1S/C14H13BrFNO/c1-8-4-3-5-13(9(8)2)18-14-6-10(15)11(16)7-12(14)17/h3-7H,17H2,1-2H3. The molecule has 0 radical (unpaired) electrons. The highest BCUT2D eigenvalue weighted by molar-refractivity contribution is 9.10. The second-order valence-corrected chi connectivity index (χ2v) is 4.96. The zero-order valence-electron chi connectivity index (χ0n) is 10.1. The van der Waals surface area contributed by atoms with Gasteiger partial charge in [-0.2, -0.15) is 0 Å². The quantitative estimate of drug-likeness (QED) is 0.824. The number of nitrogen functional groups attached to an aromatic ring is 1. The molecular weight excluding hydrogens is 297 g/mol. The molecule has 0 amide bonds. The third-order valence-electron chi connectivity index (χ3n) is 2.83. The van der Waals surface area contributed by atoms with Gasteiger partial charge in [-0.3, -0.25) is 0 Å². The van der Waals surface area contributed by atoms with Gasteiger partial charge in [0.2, 0.25) is 0 Å². The van der Waals surface area contributed by atoms with Crippen LogP contribution in [-0.4, -0.2) is 0 Å². The van der Waals surface area contributed by atoms with Gasteiger partial charge in [-0.05, 0) is 47.0 Å². The van der Waals surface area contributed by atoms with Gasteiger partial charge in [0.25, 0.3) is 0 Å². The zero-order valence-corrected chi connectivity index (χ0v) is 11.7. The van der Waals surface area contributed by atoms with Crippen molar-refractivity contribution >= 4 is 21.6 Å². The van der Waals surface area contributed by atoms with Crippen LogP contribution >= 0.6 is 15.9 Å². The van der Waals surface area contributed by atoms with Gasteiger partial charge in [0.15, 0.2) is 5.75 Å². The van der Waals surface area contributed by atoms with Gasteiger partial charge in [0.1, 0.15) is 11.6 Å². The minimum absolute atomic E-state index is 0.275. The molecule has 94 valence electrons. The molecule has 18 heavy (non-hydrogen) atoms. The molecule has 0 atom stereocenters. The predicted molar refractivity (Wildman–Crippen MR) is 74.5 cm³/mol. The van der Waals surface area contributed by atoms with Crippen molar-refractivity contribution in [1.29, 1.82) is 0 Å². The Bertz CT molecular complexity index is 599. The summed E-state index contributed by atoms with van der Waals surface area (Å²) in [6.07, 6.45) is 0. The Labute approximate surface area is 114 Å². The number of hydrogen-bond donors (Lipinski definition) is 1. The van der Waals surface area contributed by atoms with Crippen molar-refractivity contribution in [3.8, 4) is 11.5 Å². The molecule has 0 aliphatic carbocycles. The Morgan fingerprint density at radius 3 is 2.61 bits per heavy atom. The minimum atomic E-state index is -0.402. The molecule has 2 aromatic rings. The molecule has 0 unspecified atom stereocenters. The lowest BCUT2D eigenvalue weighted by atomic mass is 10.1. The molecule has 0 spiro atoms. The first-order valence-electron chi connectivity index (χ1n) is 5.47. The number of aryl methyl sites for hydroxylation is 1. The van der Waals surface area contributed by atoms with E-state index in [-0.39, 0.29) is 5.69 Å². The summed E-state index contributed by atoms with van der Waals surface area (Å²) in [6, 6.07) is 8.55. The molecule has 0 fully saturated rings. The molecule has 4 heteroatoms. The lowest BCUT2D eigenvalue weighted by Gasteiger charge is -2.12. The summed E-state index contributed by atoms with van der Waals surface area (Å²) in [5.74, 6) is 0.762. The summed E-state index contributed by atoms with van der Waals surface area (Å²) in [7, 11) is 0. The highest BCUT2D eigenvalue weighted by Crippen LogP contribution is 2.34. The molecular formula is C14H13BrFNO. The number of nitrogens with two attached hydrogens (primary N) is 1. The number of halogens is 2. The summed E-state index contributed by atoms with van der Waals surface area (Å²) in [5.41, 5.74) is 8.19. The summed E-state index contributed by atoms with van der Waals surface area (Å²) < 4.78 is 19.3. The van der Waals surface area contributed by atoms with Gasteiger partial charge in [0.05, 0.1) is 10.2 Å². The van der Waals surface area contributed by atoms with Gasteiger partial charge >= 0.3 is 0 Å². The van der Waals surface area contributed by atoms with E-state index >= 15 is 0 Å². The first-order chi connectivity index (χ1) is 8.49. The molecule has 0 aromatic heterocycles. The van der Waals surface area contributed by atoms with Gasteiger partial charge in [-0.1, -0.05) is 12.1 Å². The highest BCUT2D eigenvalue weighted by Gasteiger charge is 2.09. The summed E-state index contributed by atoms with van der Waals surface area (Å²) in [4.78, 5) is 0. The van der Waals surface area contributed by atoms with E-state index in [1.807, 2.05) is 32.0 Å². The van der Waals surface area contributed by atoms with Crippen LogP contribution in [0.25, 0.3) is 0 Å². The van der Waals surface area contributed by atoms with E-state index < -0.39 is 5.82 Å². The molecule has 2 nitrogen and oxygen atoms in total. The maximum atomic E-state index is 13.3. The van der Waals surface area contributed by atoms with E-state index in [2.05, 4.69) is 15.9 Å². The lowest BCUT2D eigenvalue weighted by molar-refractivity contribution is 0.478. The molecule has 0 saturated heterocycles. The summed E-state index contributed by atoms with van der Waals surface area (Å²) >= 11 is 3.12. The van der Waals surface area contributed by atoms with Gasteiger partial charge in [-0.25, -0.2) is 4.39 Å². The smallest absolute Gasteiger partial charge is 0.151 e. The Kier molecular flexibility index (Phi) is 3.57. The molecule has 0 aliphatic heterocycles. The van der Waals surface area contributed by atoms with Crippen molar-refractivity contribution < 1.29 is 9.13 Å². The minimum Gasteiger partial charge on any atom is -0.455 e. The van der Waals surface area contributed by atoms with Gasteiger partial charge in [0, 0.05) is 12.1 Å². The van der Waals surface area contributed by atoms with Crippen LogP contribution in [0.15, 0.2) is 34.8 Å². The maximum absolute atomic E-state index is 13.3. The van der Waals surface area contributed by atoms with Gasteiger partial charge < -0.3 is 10.5 Å². The average molecular weight is 310 g/mol. The monoisotopic (exact) mass is 309 g/mol. The van der Waals surface area contributed by atoms with E-state index in [0.717, 1.165) is 16.9 Å². The van der Waals surface area contributed by atoms with Crippen LogP contribution in [0.2, 0.25) is 0 Å². The topological polar surface area (TPSA) is 35.2 Å². The second kappa shape index (κ2) is 4.98. The number of hydrogen-bond acceptors (Lipinski definition) is 2. The van der Waals surface area contributed by atoms with Crippen LogP contribution < -0.4 is 10.5 Å². The van der Waals surface area contributed by atoms with Crippen LogP contribution in [0.5, 0.6) is 11.5 Å². The summed E-state index contributed by atoms with van der Waals surface area (Å²) in [6.45, 7) is 3.98. The van der Waals surface area contributed by atoms with Crippen molar-refractivity contribution in [2.24, 2.45) is 0 Å². The third-order valence-corrected chi connectivity index (χ3v) is 3.44. The number of benzene rings is 2. The first kappa shape index (κ1) is 12.9. The van der Waals surface area contributed by atoms with Gasteiger partial charge in [-0.15, -0.1) is 0 Å². The van der Waals surface area contributed by atoms with Crippen LogP contribution in [0.4, 0.5) is 10.1 Å². The van der Waals surface area contributed by atoms with E-state index in [9.17, 15) is 4.39 Å². The summed E-state index contributed by atoms with van der Waals surface area (Å²) in [5, 5.41) is 0. The van der Waals surface area contributed by atoms with Crippen LogP contribution in [-0.2, 0) is 0 Å². The van der Waals surface area contributed by atoms with Crippen LogP contribution in [0.3, 0.4) is 0 Å². The molecule has 0 aliphatic rings. The lowest BCUT2D eigenvalue weighted by Crippen LogP contribution is -1.96. The fourth-order valence-electron chi connectivity index (χ4n) is 1.59. The number of ether oxygens (including phenoxy) is 1. The molecule has 0 bridgehead atoms. The SMILES string of the molecule is Cc1cccc(Oc2cc(Br)c(F)cc2N)c1C. The Balaban J connectivity index is 2.40. The molecule has 2 N–H and O–H groups in total. The van der Waals surface area contributed by atoms with Crippen molar-refractivity contribution in [1.82, 2.24) is 0 Å². The second-order valence-electron chi connectivity index (χ2n) is 4.10. The molecule has 2 aromatic carbocycles. The zero-order chi connectivity index (χ0) is 13.3. The number of rotatable bonds is 2. The van der Waals surface area contributed by atoms with Crippen LogP contribution in [0, 0.1) is 19.7 Å². The fourth-order valence-corrected chi connectivity index (χ4v) is 1.91. The van der Waals surface area contributed by atoms with E-state index in [1.165, 1.54) is 12.1 Å². The van der Waals surface area contributed by atoms with Crippen molar-refractivity contribution in [2.45, 2.75) is 13.8 Å². The van der Waals surface area contributed by atoms with E-state index in [1.54, 1.807) is 0 Å². The molecule has 2 rings (SSSR count). The van der Waals surface area contributed by atoms with Crippen molar-refractivity contribution in [3.05, 3.63) is 51.7 Å². The Hall–Kier alpha value is -1.55. The molecule has 0 saturated carbocycles. The van der Waals surface area contributed by atoms with E-state index in [0.29, 0.717) is 10.2 Å². The largest absolute Gasteiger partial charge is 0.455 e. The Morgan fingerprint density at radius 2 is 1.89 bits per heavy atom. The fraction of sp³-hybridized carbons (Fsp3) is 0.143. The number of anilines is 1. The first-order valence-corrected chi connectivity index (χ1v) is 6.27. The average Bonchev–Trinajstić information content (AvgIpc) is 2.32. The molecule has 0 heterocycles. The van der Waals surface area contributed by atoms with Crippen molar-refractivity contribution in [3.63, 3.8) is 0 Å². The Morgan fingerprint density at radius 1 is 1.17 bits per heavy atom. The normalized spacial score (nSPS) is 10.4. The third kappa shape index (κ3) is 2.48.